The van der Waals surface area contributed by atoms with Crippen LogP contribution in [0.15, 0.2) is 53.4 Å². The van der Waals surface area contributed by atoms with E-state index >= 15 is 0 Å². The van der Waals surface area contributed by atoms with Gasteiger partial charge >= 0.3 is 0 Å². The fourth-order valence-corrected chi connectivity index (χ4v) is 5.07. The van der Waals surface area contributed by atoms with E-state index in [0.29, 0.717) is 31.1 Å². The molecule has 1 N–H and O–H groups in total. The van der Waals surface area contributed by atoms with Crippen molar-refractivity contribution in [1.82, 2.24) is 9.62 Å². The molecule has 1 amide bonds. The lowest BCUT2D eigenvalue weighted by molar-refractivity contribution is -0.123. The summed E-state index contributed by atoms with van der Waals surface area (Å²) in [6.07, 6.45) is 1.81. The van der Waals surface area contributed by atoms with Crippen LogP contribution < -0.4 is 14.8 Å². The topological polar surface area (TPSA) is 84.9 Å². The SMILES string of the molecule is CC(C)(C)c1ccccc1OCC(=O)NCCOc1ccc(S(=O)(=O)N2CCCC2)cc1. The van der Waals surface area contributed by atoms with E-state index in [2.05, 4.69) is 26.1 Å². The van der Waals surface area contributed by atoms with Crippen LogP contribution in [0.2, 0.25) is 0 Å². The minimum absolute atomic E-state index is 0.0733. The number of amides is 1. The lowest BCUT2D eigenvalue weighted by Crippen LogP contribution is -2.32. The molecule has 1 fully saturated rings. The summed E-state index contributed by atoms with van der Waals surface area (Å²) in [5.41, 5.74) is 0.968. The Morgan fingerprint density at radius 2 is 1.66 bits per heavy atom. The fraction of sp³-hybridized carbons (Fsp3) is 0.458. The average molecular weight is 461 g/mol. The highest BCUT2D eigenvalue weighted by Crippen LogP contribution is 2.30. The minimum Gasteiger partial charge on any atom is -0.492 e. The molecule has 7 nitrogen and oxygen atoms in total. The van der Waals surface area contributed by atoms with Crippen LogP contribution in [0, 0.1) is 0 Å². The van der Waals surface area contributed by atoms with Crippen molar-refractivity contribution in [2.75, 3.05) is 32.8 Å². The monoisotopic (exact) mass is 460 g/mol. The molecule has 1 heterocycles. The number of hydrogen-bond acceptors (Lipinski definition) is 5. The van der Waals surface area contributed by atoms with Crippen molar-refractivity contribution in [3.05, 3.63) is 54.1 Å². The first kappa shape index (κ1) is 24.1. The predicted molar refractivity (Wildman–Crippen MR) is 124 cm³/mol. The van der Waals surface area contributed by atoms with Gasteiger partial charge in [-0.25, -0.2) is 8.42 Å². The Morgan fingerprint density at radius 1 is 1.00 bits per heavy atom. The van der Waals surface area contributed by atoms with Gasteiger partial charge in [-0.05, 0) is 54.2 Å². The Bertz CT molecular complexity index is 1010. The van der Waals surface area contributed by atoms with Gasteiger partial charge in [0.1, 0.15) is 18.1 Å². The molecular weight excluding hydrogens is 428 g/mol. The Balaban J connectivity index is 1.41. The second-order valence-electron chi connectivity index (χ2n) is 8.82. The van der Waals surface area contributed by atoms with Crippen LogP contribution in [0.1, 0.15) is 39.2 Å². The summed E-state index contributed by atoms with van der Waals surface area (Å²) >= 11 is 0. The van der Waals surface area contributed by atoms with Gasteiger partial charge in [-0.3, -0.25) is 4.79 Å². The van der Waals surface area contributed by atoms with Crippen molar-refractivity contribution in [2.45, 2.75) is 43.9 Å². The molecule has 2 aromatic rings. The third-order valence-corrected chi connectivity index (χ3v) is 7.19. The van der Waals surface area contributed by atoms with Gasteiger partial charge in [0, 0.05) is 13.1 Å². The van der Waals surface area contributed by atoms with Gasteiger partial charge in [-0.15, -0.1) is 0 Å². The number of hydrogen-bond donors (Lipinski definition) is 1. The van der Waals surface area contributed by atoms with Crippen molar-refractivity contribution in [3.63, 3.8) is 0 Å². The van der Waals surface area contributed by atoms with Gasteiger partial charge in [0.2, 0.25) is 10.0 Å². The van der Waals surface area contributed by atoms with Crippen molar-refractivity contribution in [1.29, 1.82) is 0 Å². The quantitative estimate of drug-likeness (QED) is 0.580. The third kappa shape index (κ3) is 6.23. The summed E-state index contributed by atoms with van der Waals surface area (Å²) < 4.78 is 37.9. The smallest absolute Gasteiger partial charge is 0.258 e. The maximum Gasteiger partial charge on any atom is 0.258 e. The molecule has 0 aliphatic carbocycles. The predicted octanol–water partition coefficient (Wildman–Crippen LogP) is 3.34. The van der Waals surface area contributed by atoms with Crippen LogP contribution in [0.5, 0.6) is 11.5 Å². The average Bonchev–Trinajstić information content (AvgIpc) is 3.31. The van der Waals surface area contributed by atoms with Gasteiger partial charge in [0.15, 0.2) is 6.61 Å². The van der Waals surface area contributed by atoms with Crippen LogP contribution in [0.4, 0.5) is 0 Å². The third-order valence-electron chi connectivity index (χ3n) is 5.27. The number of carbonyl (C=O) groups is 1. The summed E-state index contributed by atoms with van der Waals surface area (Å²) in [4.78, 5) is 12.4. The maximum absolute atomic E-state index is 12.5. The van der Waals surface area contributed by atoms with Crippen LogP contribution in [0.25, 0.3) is 0 Å². The summed E-state index contributed by atoms with van der Waals surface area (Å²) in [5.74, 6) is 1.02. The summed E-state index contributed by atoms with van der Waals surface area (Å²) in [7, 11) is -3.43. The molecule has 32 heavy (non-hydrogen) atoms. The first-order chi connectivity index (χ1) is 15.2. The van der Waals surface area contributed by atoms with E-state index in [0.717, 1.165) is 18.4 Å². The molecule has 174 valence electrons. The molecule has 8 heteroatoms. The molecule has 0 unspecified atom stereocenters. The molecule has 0 aromatic heterocycles. The van der Waals surface area contributed by atoms with Crippen molar-refractivity contribution in [2.24, 2.45) is 0 Å². The molecule has 1 saturated heterocycles. The highest BCUT2D eigenvalue weighted by Gasteiger charge is 2.27. The Morgan fingerprint density at radius 3 is 2.31 bits per heavy atom. The van der Waals surface area contributed by atoms with Gasteiger partial charge in [-0.2, -0.15) is 4.31 Å². The normalized spacial score (nSPS) is 14.8. The molecule has 1 aliphatic rings. The zero-order valence-corrected chi connectivity index (χ0v) is 19.8. The molecule has 0 radical (unpaired) electrons. The molecule has 0 bridgehead atoms. The van der Waals surface area contributed by atoms with Crippen molar-refractivity contribution >= 4 is 15.9 Å². The molecule has 2 aromatic carbocycles. The van der Waals surface area contributed by atoms with Crippen molar-refractivity contribution < 1.29 is 22.7 Å². The number of rotatable bonds is 9. The minimum atomic E-state index is -3.43. The standard InChI is InChI=1S/C24H32N2O5S/c1-24(2,3)21-8-4-5-9-22(21)31-18-23(27)25-14-17-30-19-10-12-20(13-11-19)32(28,29)26-15-6-7-16-26/h4-5,8-13H,6-7,14-18H2,1-3H3,(H,25,27). The zero-order valence-electron chi connectivity index (χ0n) is 19.0. The fourth-order valence-electron chi connectivity index (χ4n) is 3.55. The number of nitrogens with one attached hydrogen (secondary N) is 1. The molecule has 0 spiro atoms. The second-order valence-corrected chi connectivity index (χ2v) is 10.8. The van der Waals surface area contributed by atoms with Crippen molar-refractivity contribution in [3.8, 4) is 11.5 Å². The number of nitrogens with zero attached hydrogens (tertiary/aromatic N) is 1. The van der Waals surface area contributed by atoms with E-state index < -0.39 is 10.0 Å². The Labute approximate surface area is 190 Å². The lowest BCUT2D eigenvalue weighted by atomic mass is 9.86. The van der Waals surface area contributed by atoms with Gasteiger partial charge in [0.25, 0.3) is 5.91 Å². The van der Waals surface area contributed by atoms with Gasteiger partial charge in [-0.1, -0.05) is 39.0 Å². The molecular formula is C24H32N2O5S. The van der Waals surface area contributed by atoms with Crippen LogP contribution in [-0.4, -0.2) is 51.5 Å². The van der Waals surface area contributed by atoms with E-state index in [9.17, 15) is 13.2 Å². The number of benzene rings is 2. The van der Waals surface area contributed by atoms with Gasteiger partial charge < -0.3 is 14.8 Å². The van der Waals surface area contributed by atoms with E-state index in [-0.39, 0.29) is 29.4 Å². The van der Waals surface area contributed by atoms with Crippen LogP contribution in [0.3, 0.4) is 0 Å². The molecule has 1 aliphatic heterocycles. The maximum atomic E-state index is 12.5. The molecule has 0 atom stereocenters. The summed E-state index contributed by atoms with van der Waals surface area (Å²) in [6.45, 7) is 7.95. The Kier molecular flexibility index (Phi) is 7.79. The number of carbonyl (C=O) groups excluding carboxylic acids is 1. The second kappa shape index (κ2) is 10.4. The van der Waals surface area contributed by atoms with E-state index in [4.69, 9.17) is 9.47 Å². The van der Waals surface area contributed by atoms with E-state index in [1.165, 1.54) is 4.31 Å². The number of ether oxygens (including phenoxy) is 2. The first-order valence-corrected chi connectivity index (χ1v) is 12.3. The lowest BCUT2D eigenvalue weighted by Gasteiger charge is -2.22. The van der Waals surface area contributed by atoms with E-state index in [1.807, 2.05) is 24.3 Å². The van der Waals surface area contributed by atoms with Gasteiger partial charge in [0.05, 0.1) is 11.4 Å². The summed E-state index contributed by atoms with van der Waals surface area (Å²) in [5, 5.41) is 2.76. The summed E-state index contributed by atoms with van der Waals surface area (Å²) in [6, 6.07) is 14.1. The zero-order chi connectivity index (χ0) is 23.2. The highest BCUT2D eigenvalue weighted by molar-refractivity contribution is 7.89. The number of para-hydroxylation sites is 1. The highest BCUT2D eigenvalue weighted by atomic mass is 32.2. The first-order valence-electron chi connectivity index (χ1n) is 10.9. The van der Waals surface area contributed by atoms with Crippen LogP contribution >= 0.6 is 0 Å². The number of sulfonamides is 1. The Hall–Kier alpha value is -2.58. The van der Waals surface area contributed by atoms with E-state index in [1.54, 1.807) is 24.3 Å². The van der Waals surface area contributed by atoms with Crippen LogP contribution in [-0.2, 0) is 20.2 Å². The molecule has 0 saturated carbocycles. The molecule has 3 rings (SSSR count). The largest absolute Gasteiger partial charge is 0.492 e.